The van der Waals surface area contributed by atoms with Crippen molar-refractivity contribution in [3.8, 4) is 0 Å². The Morgan fingerprint density at radius 2 is 1.93 bits per heavy atom. The summed E-state index contributed by atoms with van der Waals surface area (Å²) in [7, 11) is 0.306. The maximum Gasteiger partial charge on any atom is 0.195 e. The molecule has 14 heavy (non-hydrogen) atoms. The van der Waals surface area contributed by atoms with Gasteiger partial charge in [0.25, 0.3) is 0 Å². The Morgan fingerprint density at radius 1 is 1.43 bits per heavy atom. The van der Waals surface area contributed by atoms with E-state index < -0.39 is 0 Å². The lowest BCUT2D eigenvalue weighted by molar-refractivity contribution is 0.629. The topological polar surface area (TPSA) is 118 Å². The molecule has 0 aromatic carbocycles. The molecule has 0 fully saturated rings. The predicted molar refractivity (Wildman–Crippen MR) is 65.1 cm³/mol. The van der Waals surface area contributed by atoms with Crippen LogP contribution in [0.2, 0.25) is 0 Å². The minimum absolute atomic E-state index is 0. The Bertz CT molecular complexity index is 157. The van der Waals surface area contributed by atoms with E-state index in [0.29, 0.717) is 10.5 Å². The molecule has 0 aliphatic carbocycles. The predicted octanol–water partition coefficient (Wildman–Crippen LogP) is -1.53. The maximum atomic E-state index is 7.15. The van der Waals surface area contributed by atoms with Crippen molar-refractivity contribution >= 4 is 34.8 Å². The first-order valence-electron chi connectivity index (χ1n) is 4.05. The molecular weight excluding hydrogens is 222 g/mol. The Kier molecular flexibility index (Phi) is 19.9. The van der Waals surface area contributed by atoms with Crippen molar-refractivity contribution in [1.82, 2.24) is 10.6 Å². The highest BCUT2D eigenvalue weighted by Crippen LogP contribution is 1.80. The zero-order valence-electron chi connectivity index (χ0n) is 8.55. The third-order valence-corrected chi connectivity index (χ3v) is 1.09. The minimum atomic E-state index is -0.209. The van der Waals surface area contributed by atoms with Crippen molar-refractivity contribution in [3.63, 3.8) is 0 Å². The van der Waals surface area contributed by atoms with Crippen LogP contribution in [0.1, 0.15) is 19.8 Å². The highest BCUT2D eigenvalue weighted by molar-refractivity contribution is 5.95. The summed E-state index contributed by atoms with van der Waals surface area (Å²) in [6, 6.07) is 0. The third-order valence-electron chi connectivity index (χ3n) is 1.09. The Balaban J connectivity index is -0.000000376. The zero-order chi connectivity index (χ0) is 10.7. The van der Waals surface area contributed by atoms with Gasteiger partial charge in [0.2, 0.25) is 0 Å². The number of halogens is 1. The first-order chi connectivity index (χ1) is 6.16. The molecule has 0 bridgehead atoms. The fourth-order valence-corrected chi connectivity index (χ4v) is 0.569. The molecule has 0 aromatic rings. The number of hydrogen-bond acceptors (Lipinski definition) is 3. The molecule has 0 heterocycles. The highest BCUT2D eigenvalue weighted by Gasteiger charge is 1.93. The van der Waals surface area contributed by atoms with Crippen molar-refractivity contribution < 1.29 is 4.80 Å². The van der Waals surface area contributed by atoms with Gasteiger partial charge in [0.15, 0.2) is 11.9 Å². The van der Waals surface area contributed by atoms with Gasteiger partial charge < -0.3 is 15.8 Å². The van der Waals surface area contributed by atoms with Crippen LogP contribution in [0.15, 0.2) is 0 Å². The molecule has 0 aromatic heterocycles. The fraction of sp³-hybridized carbons (Fsp3) is 0.667. The second-order valence-electron chi connectivity index (χ2n) is 2.19. The lowest BCUT2D eigenvalue weighted by Gasteiger charge is -2.06. The smallest absolute Gasteiger partial charge is 0.195 e. The van der Waals surface area contributed by atoms with E-state index in [1.54, 1.807) is 0 Å². The van der Waals surface area contributed by atoms with Gasteiger partial charge in [-0.05, 0) is 6.42 Å². The molecule has 6 nitrogen and oxygen atoms in total. The largest absolute Gasteiger partial charge is 0.442 e. The molecule has 0 saturated carbocycles. The molecule has 0 aliphatic rings. The van der Waals surface area contributed by atoms with Crippen LogP contribution in [0.3, 0.4) is 0 Å². The van der Waals surface area contributed by atoms with Crippen molar-refractivity contribution in [3.05, 3.63) is 0 Å². The van der Waals surface area contributed by atoms with Gasteiger partial charge >= 0.3 is 0 Å². The third kappa shape index (κ3) is 17.3. The van der Waals surface area contributed by atoms with E-state index in [9.17, 15) is 0 Å². The Labute approximate surface area is 93.6 Å². The average molecular weight is 242 g/mol. The number of hydrogen-bond donors (Lipinski definition) is 6. The van der Waals surface area contributed by atoms with Crippen LogP contribution in [0.4, 0.5) is 0 Å². The van der Waals surface area contributed by atoms with Gasteiger partial charge in [-0.3, -0.25) is 16.1 Å². The lowest BCUT2D eigenvalue weighted by atomic mass is 10.3. The van der Waals surface area contributed by atoms with E-state index in [1.807, 2.05) is 0 Å². The molecule has 0 amide bonds. The molecule has 0 rings (SSSR count). The average Bonchev–Trinajstić information content (AvgIpc) is 2.07. The Hall–Kier alpha value is -0.793. The van der Waals surface area contributed by atoms with Crippen LogP contribution in [-0.2, 0) is 0 Å². The zero-order valence-corrected chi connectivity index (χ0v) is 11.4. The second-order valence-corrected chi connectivity index (χ2v) is 2.19. The van der Waals surface area contributed by atoms with E-state index in [0.717, 1.165) is 19.4 Å². The van der Waals surface area contributed by atoms with E-state index in [4.69, 9.17) is 21.3 Å². The summed E-state index contributed by atoms with van der Waals surface area (Å²) in [5, 5.41) is 19.0. The summed E-state index contributed by atoms with van der Waals surface area (Å²) in [5.74, 6) is -0.120. The molecule has 8 heteroatoms. The standard InChI is InChI=1S/C6H15N5.ClH.H4OSi/c1-2-3-4-10-6(9)11-5(7)8;;1-2/h2-4H2,1H3,(H6,7,8,9,10,11);1H;1H,2H3. The molecule has 7 N–H and O–H groups in total. The van der Waals surface area contributed by atoms with Crippen LogP contribution in [0.25, 0.3) is 0 Å². The number of guanidine groups is 2. The SMILES string of the molecule is CCCCNC(=N)NC(=N)N.Cl.O[SiH3]. The number of rotatable bonds is 3. The molecule has 0 saturated heterocycles. The maximum absolute atomic E-state index is 7.15. The quantitative estimate of drug-likeness (QED) is 0.156. The molecule has 0 atom stereocenters. The van der Waals surface area contributed by atoms with Gasteiger partial charge in [0.05, 0.1) is 0 Å². The van der Waals surface area contributed by atoms with Crippen molar-refractivity contribution in [1.29, 1.82) is 10.8 Å². The fourth-order valence-electron chi connectivity index (χ4n) is 0.569. The van der Waals surface area contributed by atoms with Crippen LogP contribution in [0.5, 0.6) is 0 Å². The summed E-state index contributed by atoms with van der Waals surface area (Å²) in [6.07, 6.45) is 2.10. The van der Waals surface area contributed by atoms with Crippen molar-refractivity contribution in [2.24, 2.45) is 5.73 Å². The van der Waals surface area contributed by atoms with Crippen LogP contribution in [-0.4, -0.2) is 33.7 Å². The van der Waals surface area contributed by atoms with Gasteiger partial charge in [-0.25, -0.2) is 0 Å². The van der Waals surface area contributed by atoms with Crippen LogP contribution < -0.4 is 16.4 Å². The van der Waals surface area contributed by atoms with Crippen molar-refractivity contribution in [2.75, 3.05) is 6.54 Å². The monoisotopic (exact) mass is 241 g/mol. The Morgan fingerprint density at radius 3 is 2.29 bits per heavy atom. The summed E-state index contributed by atoms with van der Waals surface area (Å²) in [4.78, 5) is 7.14. The van der Waals surface area contributed by atoms with E-state index in [1.165, 1.54) is 0 Å². The van der Waals surface area contributed by atoms with Gasteiger partial charge in [-0.15, -0.1) is 12.4 Å². The molecule has 0 unspecified atom stereocenters. The van der Waals surface area contributed by atoms with E-state index >= 15 is 0 Å². The summed E-state index contributed by atoms with van der Waals surface area (Å²) in [6.45, 7) is 2.82. The molecular formula is C6H20ClN5OSi. The van der Waals surface area contributed by atoms with Gasteiger partial charge in [0.1, 0.15) is 10.5 Å². The van der Waals surface area contributed by atoms with Gasteiger partial charge in [-0.1, -0.05) is 13.3 Å². The molecule has 0 aliphatic heterocycles. The highest BCUT2D eigenvalue weighted by atomic mass is 35.5. The second kappa shape index (κ2) is 14.7. The first-order valence-corrected chi connectivity index (χ1v) is 4.94. The molecule has 0 spiro atoms. The number of unbranched alkanes of at least 4 members (excludes halogenated alkanes) is 1. The van der Waals surface area contributed by atoms with Gasteiger partial charge in [-0.2, -0.15) is 0 Å². The summed E-state index contributed by atoms with van der Waals surface area (Å²) >= 11 is 0. The normalized spacial score (nSPS) is 7.57. The van der Waals surface area contributed by atoms with Crippen molar-refractivity contribution in [2.45, 2.75) is 19.8 Å². The number of nitrogens with two attached hydrogens (primary N) is 1. The van der Waals surface area contributed by atoms with E-state index in [-0.39, 0.29) is 24.3 Å². The minimum Gasteiger partial charge on any atom is -0.442 e. The molecule has 86 valence electrons. The first kappa shape index (κ1) is 18.9. The molecule has 0 radical (unpaired) electrons. The number of nitrogens with one attached hydrogen (secondary N) is 4. The summed E-state index contributed by atoms with van der Waals surface area (Å²) in [5.41, 5.74) is 4.99. The lowest BCUT2D eigenvalue weighted by Crippen LogP contribution is -2.43. The van der Waals surface area contributed by atoms with Crippen LogP contribution in [0, 0.1) is 10.8 Å². The van der Waals surface area contributed by atoms with E-state index in [2.05, 4.69) is 17.6 Å². The van der Waals surface area contributed by atoms with Crippen LogP contribution >= 0.6 is 12.4 Å². The van der Waals surface area contributed by atoms with Gasteiger partial charge in [0, 0.05) is 6.54 Å². The summed E-state index contributed by atoms with van der Waals surface area (Å²) < 4.78 is 0.